The molecule has 0 bridgehead atoms. The summed E-state index contributed by atoms with van der Waals surface area (Å²) in [4.78, 5) is 12.6. The fraction of sp³-hybridized carbons (Fsp3) is 0.158. The minimum Gasteiger partial charge on any atom is -0.406 e. The lowest BCUT2D eigenvalue weighted by molar-refractivity contribution is -0.274. The van der Waals surface area contributed by atoms with E-state index in [4.69, 9.17) is 5.73 Å². The van der Waals surface area contributed by atoms with Gasteiger partial charge in [0, 0.05) is 5.69 Å². The normalized spacial score (nSPS) is 11.4. The second-order valence-corrected chi connectivity index (χ2v) is 7.57. The zero-order valence-electron chi connectivity index (χ0n) is 17.0. The van der Waals surface area contributed by atoms with Crippen LogP contribution < -0.4 is 15.8 Å². The fourth-order valence-electron chi connectivity index (χ4n) is 2.67. The molecule has 0 aliphatic rings. The van der Waals surface area contributed by atoms with Gasteiger partial charge in [0.05, 0.1) is 11.4 Å². The highest BCUT2D eigenvalue weighted by Crippen LogP contribution is 2.26. The minimum absolute atomic E-state index is 0.0510. The molecule has 0 saturated carbocycles. The molecule has 0 unspecified atom stereocenters. The minimum atomic E-state index is -4.77. The van der Waals surface area contributed by atoms with Crippen LogP contribution in [0.15, 0.2) is 53.7 Å². The SMILES string of the molecule is Cc1ccc(Nc2nc(N)nc(CSc3nnnn3-c3ccc(OC(F)(F)F)cc3)n2)cc1. The number of aryl methyl sites for hydroxylation is 1. The van der Waals surface area contributed by atoms with Crippen molar-refractivity contribution in [2.24, 2.45) is 0 Å². The number of thioether (sulfide) groups is 1. The summed E-state index contributed by atoms with van der Waals surface area (Å²) in [5.41, 5.74) is 8.19. The van der Waals surface area contributed by atoms with Crippen LogP contribution in [0.25, 0.3) is 5.69 Å². The number of halogens is 3. The van der Waals surface area contributed by atoms with Crippen LogP contribution >= 0.6 is 11.8 Å². The molecule has 0 spiro atoms. The molecular formula is C19H16F3N9OS. The molecule has 0 aliphatic carbocycles. The van der Waals surface area contributed by atoms with Crippen LogP contribution in [0.4, 0.5) is 30.8 Å². The number of nitrogens with zero attached hydrogens (tertiary/aromatic N) is 7. The average molecular weight is 475 g/mol. The van der Waals surface area contributed by atoms with E-state index < -0.39 is 6.36 Å². The second-order valence-electron chi connectivity index (χ2n) is 6.63. The summed E-state index contributed by atoms with van der Waals surface area (Å²) in [5, 5.41) is 14.9. The van der Waals surface area contributed by atoms with Gasteiger partial charge in [-0.25, -0.2) is 0 Å². The third kappa shape index (κ3) is 6.06. The number of rotatable bonds is 7. The van der Waals surface area contributed by atoms with Gasteiger partial charge >= 0.3 is 6.36 Å². The van der Waals surface area contributed by atoms with Gasteiger partial charge in [-0.15, -0.1) is 18.3 Å². The van der Waals surface area contributed by atoms with Gasteiger partial charge < -0.3 is 15.8 Å². The number of ether oxygens (including phenoxy) is 1. The Bertz CT molecular complexity index is 1230. The number of nitrogen functional groups attached to an aromatic ring is 1. The Morgan fingerprint density at radius 3 is 2.45 bits per heavy atom. The van der Waals surface area contributed by atoms with Crippen molar-refractivity contribution in [3.05, 3.63) is 59.9 Å². The highest BCUT2D eigenvalue weighted by Gasteiger charge is 2.31. The molecule has 2 heterocycles. The van der Waals surface area contributed by atoms with Gasteiger partial charge in [0.2, 0.25) is 17.1 Å². The lowest BCUT2D eigenvalue weighted by Gasteiger charge is -2.10. The monoisotopic (exact) mass is 475 g/mol. The molecule has 0 atom stereocenters. The third-order valence-corrected chi connectivity index (χ3v) is 5.01. The predicted octanol–water partition coefficient (Wildman–Crippen LogP) is 3.67. The Balaban J connectivity index is 1.46. The molecular weight excluding hydrogens is 459 g/mol. The van der Waals surface area contributed by atoms with E-state index in [0.29, 0.717) is 22.6 Å². The number of hydrogen-bond donors (Lipinski definition) is 2. The molecule has 0 saturated heterocycles. The van der Waals surface area contributed by atoms with Crippen molar-refractivity contribution in [1.29, 1.82) is 0 Å². The van der Waals surface area contributed by atoms with Crippen molar-refractivity contribution >= 4 is 29.3 Å². The summed E-state index contributed by atoms with van der Waals surface area (Å²) in [6.45, 7) is 1.98. The number of aromatic nitrogens is 7. The molecule has 0 amide bonds. The molecule has 0 radical (unpaired) electrons. The van der Waals surface area contributed by atoms with Crippen LogP contribution in [0.1, 0.15) is 11.4 Å². The summed E-state index contributed by atoms with van der Waals surface area (Å²) in [7, 11) is 0. The molecule has 0 fully saturated rings. The zero-order chi connectivity index (χ0) is 23.4. The molecule has 170 valence electrons. The van der Waals surface area contributed by atoms with E-state index in [0.717, 1.165) is 11.3 Å². The Labute approximate surface area is 189 Å². The largest absolute Gasteiger partial charge is 0.573 e. The number of benzene rings is 2. The van der Waals surface area contributed by atoms with E-state index in [1.807, 2.05) is 31.2 Å². The quantitative estimate of drug-likeness (QED) is 0.382. The van der Waals surface area contributed by atoms with Crippen LogP contribution in [-0.4, -0.2) is 41.5 Å². The van der Waals surface area contributed by atoms with E-state index in [9.17, 15) is 13.2 Å². The number of nitrogens with two attached hydrogens (primary N) is 1. The van der Waals surface area contributed by atoms with E-state index in [1.54, 1.807) is 0 Å². The molecule has 4 rings (SSSR count). The van der Waals surface area contributed by atoms with Gasteiger partial charge in [-0.2, -0.15) is 19.6 Å². The number of nitrogens with one attached hydrogen (secondary N) is 1. The van der Waals surface area contributed by atoms with Crippen molar-refractivity contribution in [1.82, 2.24) is 35.2 Å². The summed E-state index contributed by atoms with van der Waals surface area (Å²) >= 11 is 1.22. The molecule has 0 aliphatic heterocycles. The molecule has 2 aromatic heterocycles. The second kappa shape index (κ2) is 9.28. The maximum atomic E-state index is 12.3. The molecule has 4 aromatic rings. The van der Waals surface area contributed by atoms with Crippen molar-refractivity contribution < 1.29 is 17.9 Å². The highest BCUT2D eigenvalue weighted by atomic mass is 32.2. The van der Waals surface area contributed by atoms with Crippen LogP contribution in [-0.2, 0) is 5.75 Å². The van der Waals surface area contributed by atoms with Gasteiger partial charge in [0.15, 0.2) is 0 Å². The summed E-state index contributed by atoms with van der Waals surface area (Å²) in [5.74, 6) is 0.663. The number of tetrazole rings is 1. The van der Waals surface area contributed by atoms with Gasteiger partial charge in [-0.3, -0.25) is 0 Å². The maximum Gasteiger partial charge on any atom is 0.573 e. The summed E-state index contributed by atoms with van der Waals surface area (Å²) in [6.07, 6.45) is -4.77. The molecule has 10 nitrogen and oxygen atoms in total. The van der Waals surface area contributed by atoms with Crippen molar-refractivity contribution in [3.8, 4) is 11.4 Å². The number of hydrogen-bond acceptors (Lipinski definition) is 10. The lowest BCUT2D eigenvalue weighted by atomic mass is 10.2. The molecule has 33 heavy (non-hydrogen) atoms. The topological polar surface area (TPSA) is 130 Å². The Kier molecular flexibility index (Phi) is 6.26. The van der Waals surface area contributed by atoms with Crippen molar-refractivity contribution in [3.63, 3.8) is 0 Å². The van der Waals surface area contributed by atoms with Gasteiger partial charge in [-0.1, -0.05) is 29.5 Å². The van der Waals surface area contributed by atoms with Crippen molar-refractivity contribution in [2.45, 2.75) is 24.2 Å². The van der Waals surface area contributed by atoms with Crippen molar-refractivity contribution in [2.75, 3.05) is 11.1 Å². The molecule has 14 heteroatoms. The number of anilines is 3. The average Bonchev–Trinajstić information content (AvgIpc) is 3.22. The van der Waals surface area contributed by atoms with Crippen LogP contribution in [0.2, 0.25) is 0 Å². The Hall–Kier alpha value is -3.94. The Morgan fingerprint density at radius 2 is 1.76 bits per heavy atom. The summed E-state index contributed by atoms with van der Waals surface area (Å²) in [6, 6.07) is 12.9. The van der Waals surface area contributed by atoms with Gasteiger partial charge in [0.1, 0.15) is 11.6 Å². The third-order valence-electron chi connectivity index (χ3n) is 4.09. The molecule has 3 N–H and O–H groups in total. The molecule has 2 aromatic carbocycles. The number of alkyl halides is 3. The van der Waals surface area contributed by atoms with Crippen LogP contribution in [0.5, 0.6) is 5.75 Å². The fourth-order valence-corrected chi connectivity index (χ4v) is 3.42. The standard InChI is InChI=1S/C19H16F3N9OS/c1-11-2-4-12(5-3-11)24-17-26-15(25-16(23)27-17)10-33-18-28-29-30-31(18)13-6-8-14(9-7-13)32-19(20,21)22/h2-9H,10H2,1H3,(H3,23,24,25,26,27). The van der Waals surface area contributed by atoms with E-state index >= 15 is 0 Å². The lowest BCUT2D eigenvalue weighted by Crippen LogP contribution is -2.17. The van der Waals surface area contributed by atoms with E-state index in [2.05, 4.69) is 40.5 Å². The van der Waals surface area contributed by atoms with E-state index in [-0.39, 0.29) is 17.5 Å². The summed E-state index contributed by atoms with van der Waals surface area (Å²) < 4.78 is 42.3. The first-order valence-electron chi connectivity index (χ1n) is 9.37. The van der Waals surface area contributed by atoms with Gasteiger partial charge in [0.25, 0.3) is 0 Å². The smallest absolute Gasteiger partial charge is 0.406 e. The highest BCUT2D eigenvalue weighted by molar-refractivity contribution is 7.98. The maximum absolute atomic E-state index is 12.3. The van der Waals surface area contributed by atoms with Crippen LogP contribution in [0.3, 0.4) is 0 Å². The van der Waals surface area contributed by atoms with E-state index in [1.165, 1.54) is 40.7 Å². The van der Waals surface area contributed by atoms with Gasteiger partial charge in [-0.05, 0) is 53.7 Å². The first kappa shape index (κ1) is 22.3. The Morgan fingerprint density at radius 1 is 1.03 bits per heavy atom. The predicted molar refractivity (Wildman–Crippen MR) is 114 cm³/mol. The first-order valence-corrected chi connectivity index (χ1v) is 10.4. The zero-order valence-corrected chi connectivity index (χ0v) is 17.8. The first-order chi connectivity index (χ1) is 15.7. The van der Waals surface area contributed by atoms with Crippen LogP contribution in [0, 0.1) is 6.92 Å².